The molecule has 0 saturated carbocycles. The molecular weight excluding hydrogens is 277 g/mol. The fourth-order valence-electron chi connectivity index (χ4n) is 2.50. The van der Waals surface area contributed by atoms with E-state index in [0.29, 0.717) is 11.4 Å². The molecule has 0 spiro atoms. The van der Waals surface area contributed by atoms with Gasteiger partial charge >= 0.3 is 0 Å². The first-order valence-electron chi connectivity index (χ1n) is 6.69. The van der Waals surface area contributed by atoms with Crippen LogP contribution in [0.25, 0.3) is 0 Å². The van der Waals surface area contributed by atoms with Gasteiger partial charge in [-0.05, 0) is 24.1 Å². The van der Waals surface area contributed by atoms with Gasteiger partial charge in [0.05, 0.1) is 5.69 Å². The van der Waals surface area contributed by atoms with E-state index in [1.54, 1.807) is 6.07 Å². The van der Waals surface area contributed by atoms with Crippen LogP contribution >= 0.6 is 11.6 Å². The number of hydrogen-bond acceptors (Lipinski definition) is 3. The summed E-state index contributed by atoms with van der Waals surface area (Å²) in [7, 11) is 0. The zero-order chi connectivity index (χ0) is 14.1. The maximum Gasteiger partial charge on any atom is 0.133 e. The van der Waals surface area contributed by atoms with Crippen LogP contribution in [-0.2, 0) is 25.9 Å². The molecule has 0 amide bonds. The van der Waals surface area contributed by atoms with Gasteiger partial charge in [-0.15, -0.1) is 0 Å². The molecule has 0 radical (unpaired) electrons. The number of hydrogen-bond donors (Lipinski definition) is 1. The Labute approximate surface area is 122 Å². The average molecular weight is 292 g/mol. The Hall–Kier alpha value is -1.52. The van der Waals surface area contributed by atoms with Crippen LogP contribution in [0.1, 0.15) is 35.3 Å². The van der Waals surface area contributed by atoms with Crippen molar-refractivity contribution in [2.24, 2.45) is 0 Å². The summed E-state index contributed by atoms with van der Waals surface area (Å²) in [6.45, 7) is 3.72. The zero-order valence-electron chi connectivity index (χ0n) is 11.2. The molecule has 1 aliphatic heterocycles. The van der Waals surface area contributed by atoms with Crippen LogP contribution in [0.5, 0.6) is 0 Å². The molecule has 104 valence electrons. The Kier molecular flexibility index (Phi) is 3.68. The number of fused-ring (bicyclic) bond motifs is 1. The number of halogens is 2. The first kappa shape index (κ1) is 13.5. The summed E-state index contributed by atoms with van der Waals surface area (Å²) in [5, 5.41) is 3.72. The standard InChI is InChI=1S/C15H15ClFN3/c1-2-13-11-7-18-8-14(11)20-15(19-13)5-9-3-4-10(17)6-12(9)16/h3-4,6,18H,2,5,7-8H2,1H3. The van der Waals surface area contributed by atoms with E-state index in [4.69, 9.17) is 11.6 Å². The van der Waals surface area contributed by atoms with Gasteiger partial charge in [0.2, 0.25) is 0 Å². The molecule has 3 nitrogen and oxygen atoms in total. The third kappa shape index (κ3) is 2.53. The van der Waals surface area contributed by atoms with Crippen molar-refractivity contribution in [2.45, 2.75) is 32.9 Å². The third-order valence-corrected chi connectivity index (χ3v) is 3.87. The Morgan fingerprint density at radius 1 is 1.30 bits per heavy atom. The Balaban J connectivity index is 1.95. The molecule has 0 atom stereocenters. The Bertz CT molecular complexity index is 658. The number of nitrogens with zero attached hydrogens (tertiary/aromatic N) is 2. The first-order chi connectivity index (χ1) is 9.67. The van der Waals surface area contributed by atoms with E-state index < -0.39 is 0 Å². The van der Waals surface area contributed by atoms with Gasteiger partial charge in [-0.25, -0.2) is 14.4 Å². The van der Waals surface area contributed by atoms with E-state index in [1.165, 1.54) is 17.7 Å². The highest BCUT2D eigenvalue weighted by Gasteiger charge is 2.18. The fourth-order valence-corrected chi connectivity index (χ4v) is 2.74. The van der Waals surface area contributed by atoms with E-state index in [-0.39, 0.29) is 5.82 Å². The average Bonchev–Trinajstić information content (AvgIpc) is 2.89. The molecule has 2 aromatic rings. The van der Waals surface area contributed by atoms with Gasteiger partial charge in [-0.3, -0.25) is 0 Å². The van der Waals surface area contributed by atoms with Gasteiger partial charge in [0.25, 0.3) is 0 Å². The van der Waals surface area contributed by atoms with Crippen molar-refractivity contribution in [1.29, 1.82) is 0 Å². The van der Waals surface area contributed by atoms with Crippen molar-refractivity contribution in [1.82, 2.24) is 15.3 Å². The molecule has 20 heavy (non-hydrogen) atoms. The SMILES string of the molecule is CCc1nc(Cc2ccc(F)cc2Cl)nc2c1CNC2. The summed E-state index contributed by atoms with van der Waals surface area (Å²) in [6, 6.07) is 4.43. The number of aromatic nitrogens is 2. The van der Waals surface area contributed by atoms with Crippen molar-refractivity contribution in [3.05, 3.63) is 57.4 Å². The van der Waals surface area contributed by atoms with Crippen LogP contribution in [0.3, 0.4) is 0 Å². The van der Waals surface area contributed by atoms with Gasteiger partial charge < -0.3 is 5.32 Å². The maximum atomic E-state index is 13.1. The molecular formula is C15H15ClFN3. The number of rotatable bonds is 3. The third-order valence-electron chi connectivity index (χ3n) is 3.52. The van der Waals surface area contributed by atoms with E-state index in [9.17, 15) is 4.39 Å². The summed E-state index contributed by atoms with van der Waals surface area (Å²) >= 11 is 6.06. The largest absolute Gasteiger partial charge is 0.307 e. The lowest BCUT2D eigenvalue weighted by Gasteiger charge is -2.09. The highest BCUT2D eigenvalue weighted by atomic mass is 35.5. The summed E-state index contributed by atoms with van der Waals surface area (Å²) in [5.41, 5.74) is 4.24. The molecule has 0 fully saturated rings. The van der Waals surface area contributed by atoms with E-state index in [2.05, 4.69) is 22.2 Å². The molecule has 1 aliphatic rings. The monoisotopic (exact) mass is 291 g/mol. The van der Waals surface area contributed by atoms with Gasteiger partial charge in [-0.1, -0.05) is 24.6 Å². The van der Waals surface area contributed by atoms with E-state index in [1.807, 2.05) is 0 Å². The number of benzene rings is 1. The van der Waals surface area contributed by atoms with Gasteiger partial charge in [0, 0.05) is 35.8 Å². The molecule has 0 bridgehead atoms. The van der Waals surface area contributed by atoms with E-state index in [0.717, 1.165) is 42.3 Å². The highest BCUT2D eigenvalue weighted by Crippen LogP contribution is 2.22. The maximum absolute atomic E-state index is 13.1. The highest BCUT2D eigenvalue weighted by molar-refractivity contribution is 6.31. The molecule has 3 rings (SSSR count). The summed E-state index contributed by atoms with van der Waals surface area (Å²) < 4.78 is 13.1. The first-order valence-corrected chi connectivity index (χ1v) is 7.07. The second-order valence-corrected chi connectivity index (χ2v) is 5.29. The summed E-state index contributed by atoms with van der Waals surface area (Å²) in [5.74, 6) is 0.421. The normalized spacial score (nSPS) is 13.6. The van der Waals surface area contributed by atoms with Crippen LogP contribution in [0.15, 0.2) is 18.2 Å². The van der Waals surface area contributed by atoms with Crippen LogP contribution < -0.4 is 5.32 Å². The minimum atomic E-state index is -0.327. The lowest BCUT2D eigenvalue weighted by molar-refractivity contribution is 0.627. The zero-order valence-corrected chi connectivity index (χ0v) is 12.0. The molecule has 0 aliphatic carbocycles. The van der Waals surface area contributed by atoms with Crippen molar-refractivity contribution >= 4 is 11.6 Å². The minimum Gasteiger partial charge on any atom is -0.307 e. The van der Waals surface area contributed by atoms with Gasteiger partial charge in [0.1, 0.15) is 11.6 Å². The predicted molar refractivity (Wildman–Crippen MR) is 76.2 cm³/mol. The molecule has 1 N–H and O–H groups in total. The van der Waals surface area contributed by atoms with Crippen molar-refractivity contribution in [3.63, 3.8) is 0 Å². The Morgan fingerprint density at radius 2 is 2.15 bits per heavy atom. The number of nitrogens with one attached hydrogen (secondary N) is 1. The molecule has 1 aromatic carbocycles. The Morgan fingerprint density at radius 3 is 2.90 bits per heavy atom. The van der Waals surface area contributed by atoms with Crippen molar-refractivity contribution in [2.75, 3.05) is 0 Å². The minimum absolute atomic E-state index is 0.327. The number of aryl methyl sites for hydroxylation is 1. The molecule has 1 aromatic heterocycles. The van der Waals surface area contributed by atoms with Crippen LogP contribution in [-0.4, -0.2) is 9.97 Å². The molecule has 0 saturated heterocycles. The quantitative estimate of drug-likeness (QED) is 0.944. The molecule has 0 unspecified atom stereocenters. The van der Waals surface area contributed by atoms with Crippen molar-refractivity contribution in [3.8, 4) is 0 Å². The van der Waals surface area contributed by atoms with Crippen LogP contribution in [0, 0.1) is 5.82 Å². The molecule has 5 heteroatoms. The van der Waals surface area contributed by atoms with Crippen molar-refractivity contribution < 1.29 is 4.39 Å². The van der Waals surface area contributed by atoms with Crippen LogP contribution in [0.2, 0.25) is 5.02 Å². The lowest BCUT2D eigenvalue weighted by atomic mass is 10.1. The van der Waals surface area contributed by atoms with Crippen LogP contribution in [0.4, 0.5) is 4.39 Å². The topological polar surface area (TPSA) is 37.8 Å². The second kappa shape index (κ2) is 5.46. The summed E-state index contributed by atoms with van der Waals surface area (Å²) in [4.78, 5) is 9.21. The van der Waals surface area contributed by atoms with Gasteiger partial charge in [0.15, 0.2) is 0 Å². The van der Waals surface area contributed by atoms with E-state index >= 15 is 0 Å². The van der Waals surface area contributed by atoms with Gasteiger partial charge in [-0.2, -0.15) is 0 Å². The summed E-state index contributed by atoms with van der Waals surface area (Å²) in [6.07, 6.45) is 1.41. The second-order valence-electron chi connectivity index (χ2n) is 4.88. The fraction of sp³-hybridized carbons (Fsp3) is 0.333. The predicted octanol–water partition coefficient (Wildman–Crippen LogP) is 3.03. The smallest absolute Gasteiger partial charge is 0.133 e. The lowest BCUT2D eigenvalue weighted by Crippen LogP contribution is -2.06. The molecule has 2 heterocycles.